The standard InChI is InChI=1S/C18H23N5O4S/c1-15-18(23(24)25)16(2)22(19-15)14-20-9-11-21(12-10-20)28(26,27)13-8-17-6-4-3-5-7-17/h3-8,13H,9-12,14H2,1-2H3. The van der Waals surface area contributed by atoms with E-state index in [0.29, 0.717) is 44.2 Å². The zero-order valence-electron chi connectivity index (χ0n) is 15.9. The zero-order chi connectivity index (χ0) is 20.3. The summed E-state index contributed by atoms with van der Waals surface area (Å²) in [4.78, 5) is 12.7. The maximum atomic E-state index is 12.5. The third-order valence-electron chi connectivity index (χ3n) is 4.78. The van der Waals surface area contributed by atoms with Gasteiger partial charge in [-0.2, -0.15) is 9.40 Å². The number of rotatable bonds is 6. The second kappa shape index (κ2) is 8.21. The Hall–Kier alpha value is -2.56. The molecule has 28 heavy (non-hydrogen) atoms. The van der Waals surface area contributed by atoms with Crippen LogP contribution in [0.1, 0.15) is 17.0 Å². The van der Waals surface area contributed by atoms with Gasteiger partial charge in [-0.25, -0.2) is 13.1 Å². The first-order valence-electron chi connectivity index (χ1n) is 8.92. The number of sulfonamides is 1. The van der Waals surface area contributed by atoms with Gasteiger partial charge < -0.3 is 0 Å². The third kappa shape index (κ3) is 4.46. The van der Waals surface area contributed by atoms with Gasteiger partial charge in [0.1, 0.15) is 11.4 Å². The third-order valence-corrected chi connectivity index (χ3v) is 6.35. The van der Waals surface area contributed by atoms with Gasteiger partial charge in [0, 0.05) is 31.6 Å². The molecule has 1 aliphatic heterocycles. The highest BCUT2D eigenvalue weighted by atomic mass is 32.2. The summed E-state index contributed by atoms with van der Waals surface area (Å²) in [5.41, 5.74) is 1.75. The number of nitro groups is 1. The molecule has 150 valence electrons. The molecule has 0 spiro atoms. The van der Waals surface area contributed by atoms with E-state index < -0.39 is 14.9 Å². The summed E-state index contributed by atoms with van der Waals surface area (Å²) in [5.74, 6) is 0. The lowest BCUT2D eigenvalue weighted by atomic mass is 10.2. The molecule has 1 aromatic heterocycles. The lowest BCUT2D eigenvalue weighted by molar-refractivity contribution is -0.386. The van der Waals surface area contributed by atoms with Crippen LogP contribution in [-0.4, -0.2) is 58.5 Å². The molecule has 10 heteroatoms. The highest BCUT2D eigenvalue weighted by Gasteiger charge is 2.27. The van der Waals surface area contributed by atoms with E-state index in [9.17, 15) is 18.5 Å². The molecule has 2 heterocycles. The van der Waals surface area contributed by atoms with Crippen LogP contribution >= 0.6 is 0 Å². The van der Waals surface area contributed by atoms with Crippen LogP contribution in [0.5, 0.6) is 0 Å². The molecule has 0 N–H and O–H groups in total. The molecule has 9 nitrogen and oxygen atoms in total. The second-order valence-corrected chi connectivity index (χ2v) is 8.51. The van der Waals surface area contributed by atoms with E-state index in [-0.39, 0.29) is 5.69 Å². The van der Waals surface area contributed by atoms with Crippen LogP contribution in [-0.2, 0) is 16.7 Å². The summed E-state index contributed by atoms with van der Waals surface area (Å²) in [6.07, 6.45) is 1.59. The smallest absolute Gasteiger partial charge is 0.282 e. The number of hydrogen-bond donors (Lipinski definition) is 0. The van der Waals surface area contributed by atoms with Crippen LogP contribution in [0.4, 0.5) is 5.69 Å². The quantitative estimate of drug-likeness (QED) is 0.538. The van der Waals surface area contributed by atoms with Crippen LogP contribution in [0, 0.1) is 24.0 Å². The SMILES string of the molecule is Cc1nn(CN2CCN(S(=O)(=O)C=Cc3ccccc3)CC2)c(C)c1[N+](=O)[O-]. The van der Waals surface area contributed by atoms with Gasteiger partial charge in [-0.05, 0) is 25.5 Å². The van der Waals surface area contributed by atoms with Crippen molar-refractivity contribution < 1.29 is 13.3 Å². The monoisotopic (exact) mass is 405 g/mol. The molecule has 0 saturated carbocycles. The topological polar surface area (TPSA) is 102 Å². The van der Waals surface area contributed by atoms with E-state index in [1.807, 2.05) is 35.2 Å². The molecule has 0 unspecified atom stereocenters. The van der Waals surface area contributed by atoms with Crippen molar-refractivity contribution in [3.8, 4) is 0 Å². The zero-order valence-corrected chi connectivity index (χ0v) is 16.7. The molecule has 1 aliphatic rings. The van der Waals surface area contributed by atoms with Crippen molar-refractivity contribution in [1.29, 1.82) is 0 Å². The molecule has 1 fully saturated rings. The Morgan fingerprint density at radius 1 is 1.14 bits per heavy atom. The molecule has 3 rings (SSSR count). The molecule has 1 aromatic carbocycles. The first-order valence-corrected chi connectivity index (χ1v) is 10.4. The number of piperazine rings is 1. The minimum atomic E-state index is -3.49. The maximum absolute atomic E-state index is 12.5. The molecule has 1 saturated heterocycles. The first-order chi connectivity index (χ1) is 13.3. The predicted octanol–water partition coefficient (Wildman–Crippen LogP) is 1.98. The molecule has 0 bridgehead atoms. The van der Waals surface area contributed by atoms with Gasteiger partial charge in [0.2, 0.25) is 10.0 Å². The average molecular weight is 405 g/mol. The molecular weight excluding hydrogens is 382 g/mol. The number of aromatic nitrogens is 2. The summed E-state index contributed by atoms with van der Waals surface area (Å²) in [6, 6.07) is 9.28. The van der Waals surface area contributed by atoms with Crippen LogP contribution in [0.15, 0.2) is 35.7 Å². The van der Waals surface area contributed by atoms with Crippen molar-refractivity contribution in [1.82, 2.24) is 19.0 Å². The summed E-state index contributed by atoms with van der Waals surface area (Å²) < 4.78 is 28.1. The van der Waals surface area contributed by atoms with Crippen LogP contribution in [0.25, 0.3) is 6.08 Å². The summed E-state index contributed by atoms with van der Waals surface area (Å²) >= 11 is 0. The Morgan fingerprint density at radius 2 is 1.79 bits per heavy atom. The van der Waals surface area contributed by atoms with E-state index in [0.717, 1.165) is 5.56 Å². The van der Waals surface area contributed by atoms with Crippen LogP contribution < -0.4 is 0 Å². The molecule has 0 amide bonds. The summed E-state index contributed by atoms with van der Waals surface area (Å²) in [6.45, 7) is 5.48. The highest BCUT2D eigenvalue weighted by molar-refractivity contribution is 7.92. The van der Waals surface area contributed by atoms with Gasteiger partial charge in [-0.15, -0.1) is 0 Å². The van der Waals surface area contributed by atoms with Crippen molar-refractivity contribution in [3.63, 3.8) is 0 Å². The van der Waals surface area contributed by atoms with Gasteiger partial charge in [0.15, 0.2) is 0 Å². The largest absolute Gasteiger partial charge is 0.312 e. The fourth-order valence-electron chi connectivity index (χ4n) is 3.22. The van der Waals surface area contributed by atoms with E-state index in [2.05, 4.69) is 5.10 Å². The lowest BCUT2D eigenvalue weighted by Crippen LogP contribution is -2.48. The van der Waals surface area contributed by atoms with Crippen molar-refractivity contribution in [3.05, 3.63) is 62.8 Å². The highest BCUT2D eigenvalue weighted by Crippen LogP contribution is 2.22. The van der Waals surface area contributed by atoms with E-state index >= 15 is 0 Å². The molecule has 2 aromatic rings. The Balaban J connectivity index is 1.61. The maximum Gasteiger partial charge on any atom is 0.312 e. The molecule has 0 radical (unpaired) electrons. The van der Waals surface area contributed by atoms with E-state index in [1.54, 1.807) is 24.6 Å². The Bertz CT molecular complexity index is 977. The van der Waals surface area contributed by atoms with E-state index in [1.165, 1.54) is 9.71 Å². The molecular formula is C18H23N5O4S. The number of benzene rings is 1. The Labute approximate surface area is 164 Å². The Morgan fingerprint density at radius 3 is 2.36 bits per heavy atom. The summed E-state index contributed by atoms with van der Waals surface area (Å²) in [5, 5.41) is 16.6. The molecule has 0 atom stereocenters. The minimum Gasteiger partial charge on any atom is -0.282 e. The van der Waals surface area contributed by atoms with Crippen molar-refractivity contribution >= 4 is 21.8 Å². The Kier molecular flexibility index (Phi) is 5.92. The molecule has 0 aliphatic carbocycles. The fourth-order valence-corrected chi connectivity index (χ4v) is 4.39. The number of hydrogen-bond acceptors (Lipinski definition) is 6. The average Bonchev–Trinajstić information content (AvgIpc) is 2.95. The van der Waals surface area contributed by atoms with Gasteiger partial charge >= 0.3 is 5.69 Å². The summed E-state index contributed by atoms with van der Waals surface area (Å²) in [7, 11) is -3.49. The minimum absolute atomic E-state index is 0.0345. The number of nitrogens with zero attached hydrogens (tertiary/aromatic N) is 5. The lowest BCUT2D eigenvalue weighted by Gasteiger charge is -2.33. The van der Waals surface area contributed by atoms with Crippen LogP contribution in [0.3, 0.4) is 0 Å². The van der Waals surface area contributed by atoms with Crippen molar-refractivity contribution in [2.75, 3.05) is 26.2 Å². The number of aryl methyl sites for hydroxylation is 1. The fraction of sp³-hybridized carbons (Fsp3) is 0.389. The van der Waals surface area contributed by atoms with E-state index in [4.69, 9.17) is 0 Å². The predicted molar refractivity (Wildman–Crippen MR) is 106 cm³/mol. The van der Waals surface area contributed by atoms with Gasteiger partial charge in [0.25, 0.3) is 0 Å². The van der Waals surface area contributed by atoms with Gasteiger partial charge in [0.05, 0.1) is 11.6 Å². The van der Waals surface area contributed by atoms with Gasteiger partial charge in [-0.3, -0.25) is 15.0 Å². The first kappa shape index (κ1) is 20.2. The normalized spacial score (nSPS) is 16.6. The van der Waals surface area contributed by atoms with Gasteiger partial charge in [-0.1, -0.05) is 30.3 Å². The van der Waals surface area contributed by atoms with Crippen molar-refractivity contribution in [2.24, 2.45) is 0 Å². The second-order valence-electron chi connectivity index (χ2n) is 6.69. The van der Waals surface area contributed by atoms with Crippen molar-refractivity contribution in [2.45, 2.75) is 20.5 Å². The van der Waals surface area contributed by atoms with Crippen LogP contribution in [0.2, 0.25) is 0 Å².